The highest BCUT2D eigenvalue weighted by Gasteiger charge is 2.32. The number of carbonyl (C=O) groups excluding carboxylic acids is 3. The first-order valence-electron chi connectivity index (χ1n) is 14.8. The van der Waals surface area contributed by atoms with Crippen LogP contribution in [0.15, 0.2) is 91.0 Å². The first kappa shape index (κ1) is 29.1. The van der Waals surface area contributed by atoms with Crippen molar-refractivity contribution in [2.45, 2.75) is 52.6 Å². The molecule has 6 heteroatoms. The Kier molecular flexibility index (Phi) is 9.01. The SMILES string of the molecule is Cc1cccc(CN(C(=O)CCCN2C(=O)c3cccc4cccc2c34)[C@H](Cc2ccccc2)C(=O)NCC(C)C)c1. The van der Waals surface area contributed by atoms with E-state index in [2.05, 4.69) is 25.2 Å². The van der Waals surface area contributed by atoms with Crippen molar-refractivity contribution in [3.05, 3.63) is 113 Å². The standard InChI is InChI=1S/C36H39N3O3/c1-25(2)23-37-35(41)32(22-27-12-5-4-6-13-27)39(24-28-14-7-11-26(3)21-28)33(40)19-10-20-38-31-18-9-16-29-15-8-17-30(34(29)31)36(38)42/h4-9,11-18,21,25,32H,10,19-20,22-24H2,1-3H3,(H,37,41)/t32-/m1/s1. The highest BCUT2D eigenvalue weighted by Crippen LogP contribution is 2.37. The number of hydrogen-bond donors (Lipinski definition) is 1. The molecule has 42 heavy (non-hydrogen) atoms. The Balaban J connectivity index is 1.37. The maximum Gasteiger partial charge on any atom is 0.258 e. The quantitative estimate of drug-likeness (QED) is 0.221. The largest absolute Gasteiger partial charge is 0.354 e. The van der Waals surface area contributed by atoms with Gasteiger partial charge < -0.3 is 15.1 Å². The van der Waals surface area contributed by atoms with Gasteiger partial charge in [0, 0.05) is 43.4 Å². The van der Waals surface area contributed by atoms with Crippen LogP contribution in [0.4, 0.5) is 5.69 Å². The number of amides is 3. The fourth-order valence-corrected chi connectivity index (χ4v) is 5.72. The van der Waals surface area contributed by atoms with Gasteiger partial charge in [0.1, 0.15) is 6.04 Å². The van der Waals surface area contributed by atoms with E-state index in [4.69, 9.17) is 0 Å². The van der Waals surface area contributed by atoms with E-state index in [1.807, 2.05) is 91.9 Å². The summed E-state index contributed by atoms with van der Waals surface area (Å²) in [6.07, 6.45) is 1.14. The molecule has 4 aromatic rings. The molecule has 6 nitrogen and oxygen atoms in total. The van der Waals surface area contributed by atoms with Crippen LogP contribution in [-0.2, 0) is 22.6 Å². The van der Waals surface area contributed by atoms with Crippen LogP contribution in [0.3, 0.4) is 0 Å². The molecular formula is C36H39N3O3. The van der Waals surface area contributed by atoms with Crippen LogP contribution in [0.25, 0.3) is 10.8 Å². The molecular weight excluding hydrogens is 522 g/mol. The van der Waals surface area contributed by atoms with E-state index < -0.39 is 6.04 Å². The summed E-state index contributed by atoms with van der Waals surface area (Å²) in [6.45, 7) is 7.44. The van der Waals surface area contributed by atoms with Crippen LogP contribution in [0.5, 0.6) is 0 Å². The second-order valence-electron chi connectivity index (χ2n) is 11.6. The molecule has 0 unspecified atom stereocenters. The van der Waals surface area contributed by atoms with Crippen LogP contribution in [-0.4, -0.2) is 41.8 Å². The summed E-state index contributed by atoms with van der Waals surface area (Å²) in [6, 6.07) is 29.0. The summed E-state index contributed by atoms with van der Waals surface area (Å²) >= 11 is 0. The summed E-state index contributed by atoms with van der Waals surface area (Å²) in [5.41, 5.74) is 4.69. The molecule has 1 N–H and O–H groups in total. The van der Waals surface area contributed by atoms with Gasteiger partial charge in [0.15, 0.2) is 0 Å². The minimum absolute atomic E-state index is 0.0270. The number of nitrogens with zero attached hydrogens (tertiary/aromatic N) is 2. The van der Waals surface area contributed by atoms with Crippen LogP contribution >= 0.6 is 0 Å². The normalized spacial score (nSPS) is 13.0. The van der Waals surface area contributed by atoms with Gasteiger partial charge >= 0.3 is 0 Å². The topological polar surface area (TPSA) is 69.7 Å². The van der Waals surface area contributed by atoms with E-state index in [-0.39, 0.29) is 24.1 Å². The molecule has 3 amide bonds. The molecule has 0 spiro atoms. The van der Waals surface area contributed by atoms with Crippen molar-refractivity contribution in [3.8, 4) is 0 Å². The van der Waals surface area contributed by atoms with Crippen molar-refractivity contribution < 1.29 is 14.4 Å². The zero-order valence-corrected chi connectivity index (χ0v) is 24.7. The van der Waals surface area contributed by atoms with Gasteiger partial charge in [-0.1, -0.05) is 98.3 Å². The zero-order valence-electron chi connectivity index (χ0n) is 24.7. The van der Waals surface area contributed by atoms with Gasteiger partial charge in [-0.15, -0.1) is 0 Å². The third-order valence-corrected chi connectivity index (χ3v) is 7.81. The van der Waals surface area contributed by atoms with Crippen LogP contribution in [0.2, 0.25) is 0 Å². The molecule has 0 fully saturated rings. The van der Waals surface area contributed by atoms with Crippen molar-refractivity contribution >= 4 is 34.2 Å². The lowest BCUT2D eigenvalue weighted by atomic mass is 10.0. The Morgan fingerprint density at radius 1 is 0.881 bits per heavy atom. The predicted molar refractivity (Wildman–Crippen MR) is 168 cm³/mol. The third-order valence-electron chi connectivity index (χ3n) is 7.81. The molecule has 0 bridgehead atoms. The summed E-state index contributed by atoms with van der Waals surface area (Å²) in [7, 11) is 0. The molecule has 1 atom stereocenters. The Morgan fingerprint density at radius 2 is 1.60 bits per heavy atom. The van der Waals surface area contributed by atoms with Crippen molar-refractivity contribution in [1.82, 2.24) is 10.2 Å². The molecule has 0 aromatic heterocycles. The van der Waals surface area contributed by atoms with Crippen LogP contribution in [0.1, 0.15) is 53.7 Å². The minimum Gasteiger partial charge on any atom is -0.354 e. The second kappa shape index (κ2) is 13.0. The summed E-state index contributed by atoms with van der Waals surface area (Å²) < 4.78 is 0. The lowest BCUT2D eigenvalue weighted by Crippen LogP contribution is -2.51. The maximum absolute atomic E-state index is 14.0. The summed E-state index contributed by atoms with van der Waals surface area (Å²) in [4.78, 5) is 44.5. The molecule has 216 valence electrons. The number of anilines is 1. The molecule has 0 saturated carbocycles. The molecule has 4 aromatic carbocycles. The predicted octanol–water partition coefficient (Wildman–Crippen LogP) is 6.30. The maximum atomic E-state index is 14.0. The Hall–Kier alpha value is -4.45. The van der Waals surface area contributed by atoms with Gasteiger partial charge in [0.25, 0.3) is 5.91 Å². The third kappa shape index (κ3) is 6.54. The molecule has 1 aliphatic rings. The lowest BCUT2D eigenvalue weighted by Gasteiger charge is -2.32. The van der Waals surface area contributed by atoms with Crippen LogP contribution in [0, 0.1) is 12.8 Å². The summed E-state index contributed by atoms with van der Waals surface area (Å²) in [5.74, 6) is 0.0182. The van der Waals surface area contributed by atoms with Crippen molar-refractivity contribution in [2.24, 2.45) is 5.92 Å². The number of benzene rings is 4. The lowest BCUT2D eigenvalue weighted by molar-refractivity contribution is -0.141. The van der Waals surface area contributed by atoms with Crippen LogP contribution < -0.4 is 10.2 Å². The first-order valence-corrected chi connectivity index (χ1v) is 14.8. The van der Waals surface area contributed by atoms with Gasteiger partial charge in [0.2, 0.25) is 11.8 Å². The Bertz CT molecular complexity index is 1580. The van der Waals surface area contributed by atoms with Gasteiger partial charge in [-0.3, -0.25) is 14.4 Å². The smallest absolute Gasteiger partial charge is 0.258 e. The van der Waals surface area contributed by atoms with Gasteiger partial charge in [-0.25, -0.2) is 0 Å². The van der Waals surface area contributed by atoms with E-state index in [1.165, 1.54) is 0 Å². The number of rotatable bonds is 12. The zero-order chi connectivity index (χ0) is 29.6. The molecule has 1 aliphatic heterocycles. The van der Waals surface area contributed by atoms with E-state index in [9.17, 15) is 14.4 Å². The fourth-order valence-electron chi connectivity index (χ4n) is 5.72. The summed E-state index contributed by atoms with van der Waals surface area (Å²) in [5, 5.41) is 5.09. The fraction of sp³-hybridized carbons (Fsp3) is 0.306. The Morgan fingerprint density at radius 3 is 2.33 bits per heavy atom. The van der Waals surface area contributed by atoms with E-state index in [1.54, 1.807) is 9.80 Å². The van der Waals surface area contributed by atoms with Crippen molar-refractivity contribution in [1.29, 1.82) is 0 Å². The van der Waals surface area contributed by atoms with Crippen molar-refractivity contribution in [3.63, 3.8) is 0 Å². The first-order chi connectivity index (χ1) is 20.3. The highest BCUT2D eigenvalue weighted by molar-refractivity contribution is 6.25. The highest BCUT2D eigenvalue weighted by atomic mass is 16.2. The molecule has 1 heterocycles. The average molecular weight is 562 g/mol. The molecule has 0 saturated heterocycles. The van der Waals surface area contributed by atoms with Gasteiger partial charge in [-0.05, 0) is 47.9 Å². The number of carbonyl (C=O) groups is 3. The molecule has 5 rings (SSSR count). The second-order valence-corrected chi connectivity index (χ2v) is 11.6. The number of hydrogen-bond acceptors (Lipinski definition) is 3. The number of nitrogens with one attached hydrogen (secondary N) is 1. The average Bonchev–Trinajstić information content (AvgIpc) is 3.26. The van der Waals surface area contributed by atoms with Crippen molar-refractivity contribution in [2.75, 3.05) is 18.0 Å². The van der Waals surface area contributed by atoms with E-state index in [0.717, 1.165) is 33.2 Å². The number of aryl methyl sites for hydroxylation is 1. The monoisotopic (exact) mass is 561 g/mol. The van der Waals surface area contributed by atoms with Gasteiger partial charge in [-0.2, -0.15) is 0 Å². The van der Waals surface area contributed by atoms with E-state index >= 15 is 0 Å². The molecule has 0 aliphatic carbocycles. The van der Waals surface area contributed by atoms with E-state index in [0.29, 0.717) is 44.0 Å². The minimum atomic E-state index is -0.661. The van der Waals surface area contributed by atoms with Gasteiger partial charge in [0.05, 0.1) is 5.69 Å². The Labute approximate surface area is 248 Å². The molecule has 0 radical (unpaired) electrons.